The van der Waals surface area contributed by atoms with Crippen molar-refractivity contribution in [2.45, 2.75) is 6.54 Å². The molecule has 1 rings (SSSR count). The predicted molar refractivity (Wildman–Crippen MR) is 75.5 cm³/mol. The highest BCUT2D eigenvalue weighted by Crippen LogP contribution is 2.15. The molecule has 1 aromatic rings. The second-order valence-electron chi connectivity index (χ2n) is 3.84. The number of ether oxygens (including phenoxy) is 2. The smallest absolute Gasteiger partial charge is 0.328 e. The zero-order valence-electron chi connectivity index (χ0n) is 11.1. The van der Waals surface area contributed by atoms with Gasteiger partial charge in [-0.1, -0.05) is 0 Å². The van der Waals surface area contributed by atoms with E-state index >= 15 is 0 Å². The summed E-state index contributed by atoms with van der Waals surface area (Å²) < 4.78 is 9.88. The molecule has 110 valence electrons. The van der Waals surface area contributed by atoms with Crippen LogP contribution >= 0.6 is 11.3 Å². The number of aliphatic carboxylic acids is 1. The molecular weight excluding hydrogens is 282 g/mol. The number of hydrogen-bond acceptors (Lipinski definition) is 5. The molecule has 0 radical (unpaired) electrons. The van der Waals surface area contributed by atoms with Crippen molar-refractivity contribution < 1.29 is 24.2 Å². The van der Waals surface area contributed by atoms with Gasteiger partial charge >= 0.3 is 5.97 Å². The fourth-order valence-corrected chi connectivity index (χ4v) is 2.08. The van der Waals surface area contributed by atoms with E-state index < -0.39 is 5.97 Å². The van der Waals surface area contributed by atoms with Gasteiger partial charge in [0.1, 0.15) is 6.61 Å². The third-order valence-electron chi connectivity index (χ3n) is 2.22. The van der Waals surface area contributed by atoms with Crippen molar-refractivity contribution in [2.75, 3.05) is 26.9 Å². The van der Waals surface area contributed by atoms with Gasteiger partial charge < -0.3 is 19.9 Å². The van der Waals surface area contributed by atoms with Crippen LogP contribution in [0.2, 0.25) is 0 Å². The van der Waals surface area contributed by atoms with Crippen LogP contribution in [0.25, 0.3) is 6.08 Å². The van der Waals surface area contributed by atoms with Crippen LogP contribution < -0.4 is 5.32 Å². The van der Waals surface area contributed by atoms with Crippen molar-refractivity contribution in [2.24, 2.45) is 0 Å². The highest BCUT2D eigenvalue weighted by molar-refractivity contribution is 7.10. The van der Waals surface area contributed by atoms with E-state index in [1.54, 1.807) is 7.11 Å². The topological polar surface area (TPSA) is 84.9 Å². The molecule has 0 aliphatic carbocycles. The number of carbonyl (C=O) groups is 2. The van der Waals surface area contributed by atoms with E-state index in [9.17, 15) is 9.59 Å². The molecule has 0 aliphatic rings. The summed E-state index contributed by atoms with van der Waals surface area (Å²) in [5, 5.41) is 13.1. The van der Waals surface area contributed by atoms with Crippen molar-refractivity contribution in [3.8, 4) is 0 Å². The lowest BCUT2D eigenvalue weighted by atomic mass is 10.3. The average molecular weight is 299 g/mol. The molecule has 0 atom stereocenters. The van der Waals surface area contributed by atoms with Crippen LogP contribution in [-0.4, -0.2) is 43.9 Å². The lowest BCUT2D eigenvalue weighted by molar-refractivity contribution is -0.131. The Morgan fingerprint density at radius 2 is 2.25 bits per heavy atom. The van der Waals surface area contributed by atoms with Crippen LogP contribution in [0.3, 0.4) is 0 Å². The number of hydrogen-bond donors (Lipinski definition) is 2. The summed E-state index contributed by atoms with van der Waals surface area (Å²) in [7, 11) is 1.57. The van der Waals surface area contributed by atoms with Gasteiger partial charge in [-0.05, 0) is 23.1 Å². The van der Waals surface area contributed by atoms with Gasteiger partial charge in [0.25, 0.3) is 0 Å². The third-order valence-corrected chi connectivity index (χ3v) is 3.17. The largest absolute Gasteiger partial charge is 0.478 e. The SMILES string of the molecule is COCCOCC(=O)NCc1cc(/C=C/C(=O)O)cs1. The van der Waals surface area contributed by atoms with E-state index in [-0.39, 0.29) is 12.5 Å². The quantitative estimate of drug-likeness (QED) is 0.527. The van der Waals surface area contributed by atoms with Crippen LogP contribution in [0.15, 0.2) is 17.5 Å². The first-order valence-corrected chi connectivity index (χ1v) is 6.81. The maximum atomic E-state index is 11.4. The first-order chi connectivity index (χ1) is 9.61. The van der Waals surface area contributed by atoms with Crippen LogP contribution in [0, 0.1) is 0 Å². The van der Waals surface area contributed by atoms with Gasteiger partial charge in [-0.25, -0.2) is 4.79 Å². The monoisotopic (exact) mass is 299 g/mol. The van der Waals surface area contributed by atoms with E-state index in [2.05, 4.69) is 5.32 Å². The lowest BCUT2D eigenvalue weighted by Crippen LogP contribution is -2.27. The Balaban J connectivity index is 2.28. The van der Waals surface area contributed by atoms with Crippen molar-refractivity contribution in [3.63, 3.8) is 0 Å². The summed E-state index contributed by atoms with van der Waals surface area (Å²) >= 11 is 1.46. The normalized spacial score (nSPS) is 10.8. The molecule has 0 unspecified atom stereocenters. The Bertz CT molecular complexity index is 469. The Labute approximate surface area is 121 Å². The molecule has 7 heteroatoms. The highest BCUT2D eigenvalue weighted by Gasteiger charge is 2.03. The number of carboxylic acid groups (broad SMARTS) is 1. The van der Waals surface area contributed by atoms with Gasteiger partial charge in [-0.3, -0.25) is 4.79 Å². The summed E-state index contributed by atoms with van der Waals surface area (Å²) in [4.78, 5) is 22.8. The van der Waals surface area contributed by atoms with Crippen molar-refractivity contribution in [3.05, 3.63) is 28.0 Å². The van der Waals surface area contributed by atoms with Gasteiger partial charge in [0.15, 0.2) is 0 Å². The molecule has 20 heavy (non-hydrogen) atoms. The number of thiophene rings is 1. The maximum absolute atomic E-state index is 11.4. The molecule has 0 bridgehead atoms. The van der Waals surface area contributed by atoms with E-state index in [0.717, 1.165) is 16.5 Å². The number of nitrogens with one attached hydrogen (secondary N) is 1. The number of carbonyl (C=O) groups excluding carboxylic acids is 1. The van der Waals surface area contributed by atoms with Gasteiger partial charge in [-0.15, -0.1) is 11.3 Å². The zero-order valence-corrected chi connectivity index (χ0v) is 11.9. The first kappa shape index (κ1) is 16.4. The molecule has 0 spiro atoms. The summed E-state index contributed by atoms with van der Waals surface area (Å²) in [5.74, 6) is -1.18. The third kappa shape index (κ3) is 7.03. The van der Waals surface area contributed by atoms with Gasteiger partial charge in [0.05, 0.1) is 19.8 Å². The molecule has 1 heterocycles. The molecule has 0 fully saturated rings. The fourth-order valence-electron chi connectivity index (χ4n) is 1.29. The predicted octanol–water partition coefficient (Wildman–Crippen LogP) is 1.13. The Kier molecular flexibility index (Phi) is 7.56. The molecule has 0 saturated carbocycles. The Morgan fingerprint density at radius 3 is 2.95 bits per heavy atom. The lowest BCUT2D eigenvalue weighted by Gasteiger charge is -2.04. The molecule has 6 nitrogen and oxygen atoms in total. The van der Waals surface area contributed by atoms with Gasteiger partial charge in [0.2, 0.25) is 5.91 Å². The summed E-state index contributed by atoms with van der Waals surface area (Å²) in [6, 6.07) is 1.83. The molecule has 1 aromatic heterocycles. The minimum atomic E-state index is -0.987. The molecule has 0 saturated heterocycles. The van der Waals surface area contributed by atoms with E-state index in [1.165, 1.54) is 17.4 Å². The number of rotatable bonds is 9. The Morgan fingerprint density at radius 1 is 1.45 bits per heavy atom. The summed E-state index contributed by atoms with van der Waals surface area (Å²) in [6.45, 7) is 1.24. The van der Waals surface area contributed by atoms with Crippen molar-refractivity contribution in [1.82, 2.24) is 5.32 Å². The standard InChI is InChI=1S/C13H17NO5S/c1-18-4-5-19-8-12(15)14-7-11-6-10(9-20-11)2-3-13(16)17/h2-3,6,9H,4-5,7-8H2,1H3,(H,14,15)(H,16,17)/b3-2+. The van der Waals surface area contributed by atoms with Crippen LogP contribution in [0.1, 0.15) is 10.4 Å². The minimum Gasteiger partial charge on any atom is -0.478 e. The fraction of sp³-hybridized carbons (Fsp3) is 0.385. The van der Waals surface area contributed by atoms with Gasteiger partial charge in [-0.2, -0.15) is 0 Å². The minimum absolute atomic E-state index is 0.000505. The molecule has 1 amide bonds. The second kappa shape index (κ2) is 9.24. The van der Waals surface area contributed by atoms with E-state index in [4.69, 9.17) is 14.6 Å². The van der Waals surface area contributed by atoms with Crippen LogP contribution in [0.4, 0.5) is 0 Å². The van der Waals surface area contributed by atoms with E-state index in [0.29, 0.717) is 19.8 Å². The van der Waals surface area contributed by atoms with Crippen LogP contribution in [0.5, 0.6) is 0 Å². The zero-order chi connectivity index (χ0) is 14.8. The molecule has 0 aliphatic heterocycles. The molecular formula is C13H17NO5S. The van der Waals surface area contributed by atoms with Crippen LogP contribution in [-0.2, 0) is 25.6 Å². The number of amides is 1. The molecule has 0 aromatic carbocycles. The molecule has 2 N–H and O–H groups in total. The highest BCUT2D eigenvalue weighted by atomic mass is 32.1. The summed E-state index contributed by atoms with van der Waals surface area (Å²) in [6.07, 6.45) is 2.59. The van der Waals surface area contributed by atoms with E-state index in [1.807, 2.05) is 11.4 Å². The number of carboxylic acids is 1. The van der Waals surface area contributed by atoms with Crippen molar-refractivity contribution >= 4 is 29.3 Å². The maximum Gasteiger partial charge on any atom is 0.328 e. The number of methoxy groups -OCH3 is 1. The van der Waals surface area contributed by atoms with Crippen molar-refractivity contribution in [1.29, 1.82) is 0 Å². The first-order valence-electron chi connectivity index (χ1n) is 5.93. The second-order valence-corrected chi connectivity index (χ2v) is 4.84. The Hall–Kier alpha value is -1.70. The summed E-state index contributed by atoms with van der Waals surface area (Å²) in [5.41, 5.74) is 0.804. The van der Waals surface area contributed by atoms with Gasteiger partial charge in [0, 0.05) is 18.1 Å². The average Bonchev–Trinajstić information content (AvgIpc) is 2.87.